The molecule has 1 nitrogen and oxygen atoms in total. The Hall–Kier alpha value is -0.590. The molecule has 1 fully saturated rings. The second-order valence-corrected chi connectivity index (χ2v) is 4.37. The SMILES string of the molecule is CC=CC1CCC(C)CC(C=N)C1. The first-order chi connectivity index (χ1) is 6.26. The molecule has 0 heterocycles. The summed E-state index contributed by atoms with van der Waals surface area (Å²) in [5.74, 6) is 2.06. The summed E-state index contributed by atoms with van der Waals surface area (Å²) in [5, 5.41) is 7.36. The van der Waals surface area contributed by atoms with Crippen molar-refractivity contribution >= 4 is 6.21 Å². The van der Waals surface area contributed by atoms with Crippen LogP contribution in [0.5, 0.6) is 0 Å². The Morgan fingerprint density at radius 1 is 1.15 bits per heavy atom. The molecule has 1 N–H and O–H groups in total. The van der Waals surface area contributed by atoms with E-state index < -0.39 is 0 Å². The van der Waals surface area contributed by atoms with Crippen molar-refractivity contribution in [1.29, 1.82) is 5.41 Å². The molecule has 0 aromatic heterocycles. The minimum Gasteiger partial charge on any atom is -0.313 e. The lowest BCUT2D eigenvalue weighted by molar-refractivity contribution is 0.472. The first kappa shape index (κ1) is 10.5. The average molecular weight is 179 g/mol. The monoisotopic (exact) mass is 179 g/mol. The van der Waals surface area contributed by atoms with Crippen molar-refractivity contribution in [3.05, 3.63) is 12.2 Å². The van der Waals surface area contributed by atoms with E-state index in [4.69, 9.17) is 5.41 Å². The van der Waals surface area contributed by atoms with Crippen LogP contribution in [0.1, 0.15) is 39.5 Å². The van der Waals surface area contributed by atoms with Gasteiger partial charge in [-0.15, -0.1) is 0 Å². The third-order valence-electron chi connectivity index (χ3n) is 3.04. The molecule has 0 radical (unpaired) electrons. The standard InChI is InChI=1S/C12H21N/c1-3-4-11-6-5-10(2)7-12(8-11)9-13/h3-4,9-13H,5-8H2,1-2H3. The smallest absolute Gasteiger partial charge is 0.00164 e. The van der Waals surface area contributed by atoms with Crippen LogP contribution in [0.4, 0.5) is 0 Å². The van der Waals surface area contributed by atoms with Gasteiger partial charge in [-0.2, -0.15) is 0 Å². The number of nitrogens with one attached hydrogen (secondary N) is 1. The Morgan fingerprint density at radius 2 is 1.92 bits per heavy atom. The van der Waals surface area contributed by atoms with Gasteiger partial charge in [0.1, 0.15) is 0 Å². The highest BCUT2D eigenvalue weighted by atomic mass is 14.4. The molecule has 0 aromatic carbocycles. The van der Waals surface area contributed by atoms with Crippen LogP contribution in [0.2, 0.25) is 0 Å². The van der Waals surface area contributed by atoms with Crippen molar-refractivity contribution in [3.63, 3.8) is 0 Å². The molecule has 0 saturated heterocycles. The van der Waals surface area contributed by atoms with Crippen molar-refractivity contribution in [2.24, 2.45) is 17.8 Å². The van der Waals surface area contributed by atoms with Crippen LogP contribution < -0.4 is 0 Å². The molecule has 3 unspecified atom stereocenters. The molecule has 0 spiro atoms. The lowest BCUT2D eigenvalue weighted by Gasteiger charge is -2.12. The summed E-state index contributed by atoms with van der Waals surface area (Å²) in [4.78, 5) is 0. The molecule has 0 aliphatic heterocycles. The van der Waals surface area contributed by atoms with Gasteiger partial charge in [0.05, 0.1) is 0 Å². The quantitative estimate of drug-likeness (QED) is 0.380. The summed E-state index contributed by atoms with van der Waals surface area (Å²) >= 11 is 0. The lowest BCUT2D eigenvalue weighted by atomic mass is 9.93. The molecule has 74 valence electrons. The summed E-state index contributed by atoms with van der Waals surface area (Å²) in [6.45, 7) is 4.41. The molecule has 1 saturated carbocycles. The van der Waals surface area contributed by atoms with E-state index in [1.54, 1.807) is 6.21 Å². The van der Waals surface area contributed by atoms with E-state index in [0.29, 0.717) is 5.92 Å². The second kappa shape index (κ2) is 5.21. The van der Waals surface area contributed by atoms with Gasteiger partial charge in [0.2, 0.25) is 0 Å². The summed E-state index contributed by atoms with van der Waals surface area (Å²) in [7, 11) is 0. The van der Waals surface area contributed by atoms with E-state index >= 15 is 0 Å². The van der Waals surface area contributed by atoms with Gasteiger partial charge in [0, 0.05) is 0 Å². The van der Waals surface area contributed by atoms with E-state index in [-0.39, 0.29) is 0 Å². The van der Waals surface area contributed by atoms with Crippen molar-refractivity contribution in [2.75, 3.05) is 0 Å². The van der Waals surface area contributed by atoms with E-state index in [1.165, 1.54) is 25.7 Å². The molecule has 3 atom stereocenters. The Kier molecular flexibility index (Phi) is 4.20. The topological polar surface area (TPSA) is 23.9 Å². The van der Waals surface area contributed by atoms with Gasteiger partial charge in [-0.3, -0.25) is 0 Å². The Bertz CT molecular complexity index is 184. The Balaban J connectivity index is 2.55. The van der Waals surface area contributed by atoms with Gasteiger partial charge >= 0.3 is 0 Å². The zero-order chi connectivity index (χ0) is 9.68. The Labute approximate surface area is 81.7 Å². The first-order valence-corrected chi connectivity index (χ1v) is 5.39. The molecule has 1 aliphatic carbocycles. The highest BCUT2D eigenvalue weighted by Crippen LogP contribution is 2.30. The van der Waals surface area contributed by atoms with Gasteiger partial charge in [-0.05, 0) is 50.2 Å². The Morgan fingerprint density at radius 3 is 2.54 bits per heavy atom. The summed E-state index contributed by atoms with van der Waals surface area (Å²) in [6.07, 6.45) is 11.2. The van der Waals surface area contributed by atoms with Gasteiger partial charge in [-0.1, -0.05) is 25.5 Å². The zero-order valence-corrected chi connectivity index (χ0v) is 8.79. The van der Waals surface area contributed by atoms with Gasteiger partial charge < -0.3 is 5.41 Å². The van der Waals surface area contributed by atoms with Crippen LogP contribution in [-0.4, -0.2) is 6.21 Å². The number of hydrogen-bond donors (Lipinski definition) is 1. The van der Waals surface area contributed by atoms with Gasteiger partial charge in [0.25, 0.3) is 0 Å². The first-order valence-electron chi connectivity index (χ1n) is 5.39. The summed E-state index contributed by atoms with van der Waals surface area (Å²) < 4.78 is 0. The minimum absolute atomic E-state index is 0.527. The van der Waals surface area contributed by atoms with Crippen molar-refractivity contribution < 1.29 is 0 Å². The fraction of sp³-hybridized carbons (Fsp3) is 0.750. The number of allylic oxidation sites excluding steroid dienone is 2. The maximum absolute atomic E-state index is 7.36. The predicted molar refractivity (Wildman–Crippen MR) is 58.2 cm³/mol. The summed E-state index contributed by atoms with van der Waals surface area (Å²) in [5.41, 5.74) is 0. The number of rotatable bonds is 2. The normalized spacial score (nSPS) is 36.0. The molecule has 1 heteroatoms. The average Bonchev–Trinajstić information content (AvgIpc) is 2.29. The predicted octanol–water partition coefficient (Wildman–Crippen LogP) is 3.65. The highest BCUT2D eigenvalue weighted by molar-refractivity contribution is 5.56. The third kappa shape index (κ3) is 3.33. The van der Waals surface area contributed by atoms with Gasteiger partial charge in [0.15, 0.2) is 0 Å². The largest absolute Gasteiger partial charge is 0.313 e. The van der Waals surface area contributed by atoms with Crippen molar-refractivity contribution in [3.8, 4) is 0 Å². The van der Waals surface area contributed by atoms with E-state index in [9.17, 15) is 0 Å². The molecular weight excluding hydrogens is 158 g/mol. The molecule has 1 aliphatic rings. The van der Waals surface area contributed by atoms with Crippen molar-refractivity contribution in [2.45, 2.75) is 39.5 Å². The second-order valence-electron chi connectivity index (χ2n) is 4.37. The summed E-state index contributed by atoms with van der Waals surface area (Å²) in [6, 6.07) is 0. The van der Waals surface area contributed by atoms with Crippen molar-refractivity contribution in [1.82, 2.24) is 0 Å². The highest BCUT2D eigenvalue weighted by Gasteiger charge is 2.20. The fourth-order valence-corrected chi connectivity index (χ4v) is 2.32. The van der Waals surface area contributed by atoms with Crippen LogP contribution in [0.25, 0.3) is 0 Å². The molecule has 13 heavy (non-hydrogen) atoms. The van der Waals surface area contributed by atoms with Crippen LogP contribution in [-0.2, 0) is 0 Å². The molecule has 0 amide bonds. The van der Waals surface area contributed by atoms with E-state index in [2.05, 4.69) is 26.0 Å². The molecule has 0 aromatic rings. The molecular formula is C12H21N. The number of hydrogen-bond acceptors (Lipinski definition) is 1. The molecule has 1 rings (SSSR count). The zero-order valence-electron chi connectivity index (χ0n) is 8.79. The van der Waals surface area contributed by atoms with Crippen LogP contribution in [0.15, 0.2) is 12.2 Å². The molecule has 0 bridgehead atoms. The third-order valence-corrected chi connectivity index (χ3v) is 3.04. The maximum atomic E-state index is 7.36. The maximum Gasteiger partial charge on any atom is -0.00164 e. The van der Waals surface area contributed by atoms with Gasteiger partial charge in [-0.25, -0.2) is 0 Å². The van der Waals surface area contributed by atoms with Crippen LogP contribution >= 0.6 is 0 Å². The fourth-order valence-electron chi connectivity index (χ4n) is 2.32. The van der Waals surface area contributed by atoms with Crippen LogP contribution in [0, 0.1) is 23.2 Å². The van der Waals surface area contributed by atoms with Crippen LogP contribution in [0.3, 0.4) is 0 Å². The van der Waals surface area contributed by atoms with E-state index in [0.717, 1.165) is 11.8 Å². The van der Waals surface area contributed by atoms with E-state index in [1.807, 2.05) is 0 Å². The minimum atomic E-state index is 0.527. The lowest BCUT2D eigenvalue weighted by Crippen LogP contribution is -2.06.